The normalized spacial score (nSPS) is 13.8. The van der Waals surface area contributed by atoms with Crippen LogP contribution in [0.3, 0.4) is 0 Å². The Morgan fingerprint density at radius 3 is 2.03 bits per heavy atom. The lowest BCUT2D eigenvalue weighted by Crippen LogP contribution is -2.24. The Balaban J connectivity index is 1.53. The standard InChI is InChI=1S/C25H23N3O2/c29-24(26-20-11-3-6-14-23(20)27-15-7-8-16-27)17-28-21-12-4-1-9-18(21)25(30)19-10-2-5-13-22(19)28/h1-6,9-14H,7-8,15-17H2,(H,26,29). The highest BCUT2D eigenvalue weighted by Crippen LogP contribution is 2.29. The number of carbonyl (C=O) groups excluding carboxylic acids is 1. The number of hydrogen-bond donors (Lipinski definition) is 1. The molecule has 5 rings (SSSR count). The first-order valence-electron chi connectivity index (χ1n) is 10.4. The quantitative estimate of drug-likeness (QED) is 0.520. The predicted molar refractivity (Wildman–Crippen MR) is 122 cm³/mol. The van der Waals surface area contributed by atoms with E-state index in [9.17, 15) is 9.59 Å². The molecule has 1 saturated heterocycles. The Labute approximate surface area is 174 Å². The van der Waals surface area contributed by atoms with E-state index >= 15 is 0 Å². The third-order valence-corrected chi connectivity index (χ3v) is 5.81. The van der Waals surface area contributed by atoms with Gasteiger partial charge in [-0.25, -0.2) is 0 Å². The van der Waals surface area contributed by atoms with E-state index in [2.05, 4.69) is 16.3 Å². The smallest absolute Gasteiger partial charge is 0.244 e. The number of nitrogens with one attached hydrogen (secondary N) is 1. The van der Waals surface area contributed by atoms with E-state index in [1.54, 1.807) is 0 Å². The molecule has 0 radical (unpaired) electrons. The second-order valence-electron chi connectivity index (χ2n) is 7.71. The first-order valence-corrected chi connectivity index (χ1v) is 10.4. The Bertz CT molecular complexity index is 1240. The van der Waals surface area contributed by atoms with E-state index in [1.807, 2.05) is 71.3 Å². The lowest BCUT2D eigenvalue weighted by Gasteiger charge is -2.22. The average Bonchev–Trinajstić information content (AvgIpc) is 3.32. The molecule has 4 aromatic rings. The van der Waals surface area contributed by atoms with Gasteiger partial charge < -0.3 is 14.8 Å². The lowest BCUT2D eigenvalue weighted by molar-refractivity contribution is -0.116. The molecule has 1 amide bonds. The topological polar surface area (TPSA) is 54.3 Å². The van der Waals surface area contributed by atoms with Gasteiger partial charge in [0.05, 0.1) is 22.4 Å². The number of anilines is 2. The van der Waals surface area contributed by atoms with E-state index in [0.29, 0.717) is 10.8 Å². The van der Waals surface area contributed by atoms with Crippen LogP contribution in [0.1, 0.15) is 12.8 Å². The van der Waals surface area contributed by atoms with E-state index in [-0.39, 0.29) is 17.9 Å². The van der Waals surface area contributed by atoms with Crippen molar-refractivity contribution >= 4 is 39.1 Å². The highest BCUT2D eigenvalue weighted by molar-refractivity contribution is 5.98. The van der Waals surface area contributed by atoms with Gasteiger partial charge in [-0.2, -0.15) is 0 Å². The molecule has 0 unspecified atom stereocenters. The highest BCUT2D eigenvalue weighted by atomic mass is 16.2. The number of rotatable bonds is 4. The van der Waals surface area contributed by atoms with Crippen LogP contribution in [0.2, 0.25) is 0 Å². The van der Waals surface area contributed by atoms with Gasteiger partial charge in [0.2, 0.25) is 5.91 Å². The zero-order valence-electron chi connectivity index (χ0n) is 16.7. The van der Waals surface area contributed by atoms with Gasteiger partial charge in [0.15, 0.2) is 5.43 Å². The monoisotopic (exact) mass is 397 g/mol. The molecule has 30 heavy (non-hydrogen) atoms. The summed E-state index contributed by atoms with van der Waals surface area (Å²) in [4.78, 5) is 28.3. The molecule has 5 heteroatoms. The number of benzene rings is 3. The number of nitrogens with zero attached hydrogens (tertiary/aromatic N) is 2. The van der Waals surface area contributed by atoms with Crippen LogP contribution < -0.4 is 15.6 Å². The van der Waals surface area contributed by atoms with Crippen molar-refractivity contribution < 1.29 is 4.79 Å². The van der Waals surface area contributed by atoms with Crippen LogP contribution in [0.25, 0.3) is 21.8 Å². The minimum absolute atomic E-state index is 0.00256. The molecule has 0 aliphatic carbocycles. The van der Waals surface area contributed by atoms with Gasteiger partial charge in [0.25, 0.3) is 0 Å². The average molecular weight is 397 g/mol. The fourth-order valence-electron chi connectivity index (χ4n) is 4.39. The summed E-state index contributed by atoms with van der Waals surface area (Å²) in [6.45, 7) is 2.17. The van der Waals surface area contributed by atoms with Crippen LogP contribution in [0, 0.1) is 0 Å². The Morgan fingerprint density at radius 2 is 1.37 bits per heavy atom. The van der Waals surface area contributed by atoms with Crippen LogP contribution in [-0.2, 0) is 11.3 Å². The van der Waals surface area contributed by atoms with Crippen molar-refractivity contribution in [1.82, 2.24) is 4.57 Å². The van der Waals surface area contributed by atoms with Gasteiger partial charge in [-0.05, 0) is 49.2 Å². The maximum absolute atomic E-state index is 13.1. The molecule has 150 valence electrons. The van der Waals surface area contributed by atoms with Crippen molar-refractivity contribution in [3.05, 3.63) is 83.0 Å². The van der Waals surface area contributed by atoms with Gasteiger partial charge in [-0.3, -0.25) is 9.59 Å². The predicted octanol–water partition coefficient (Wildman–Crippen LogP) is 4.39. The first kappa shape index (κ1) is 18.4. The van der Waals surface area contributed by atoms with Crippen molar-refractivity contribution in [2.24, 2.45) is 0 Å². The van der Waals surface area contributed by atoms with E-state index in [1.165, 1.54) is 12.8 Å². The fourth-order valence-corrected chi connectivity index (χ4v) is 4.39. The summed E-state index contributed by atoms with van der Waals surface area (Å²) in [5.41, 5.74) is 3.43. The van der Waals surface area contributed by atoms with Gasteiger partial charge >= 0.3 is 0 Å². The third kappa shape index (κ3) is 3.22. The largest absolute Gasteiger partial charge is 0.370 e. The van der Waals surface area contributed by atoms with Crippen molar-refractivity contribution in [1.29, 1.82) is 0 Å². The number of amides is 1. The number of pyridine rings is 1. The summed E-state index contributed by atoms with van der Waals surface area (Å²) in [6, 6.07) is 22.9. The van der Waals surface area contributed by atoms with Gasteiger partial charge in [-0.1, -0.05) is 36.4 Å². The molecule has 1 N–H and O–H groups in total. The summed E-state index contributed by atoms with van der Waals surface area (Å²) in [7, 11) is 0. The van der Waals surface area contributed by atoms with Crippen molar-refractivity contribution in [3.63, 3.8) is 0 Å². The molecule has 0 bridgehead atoms. The zero-order chi connectivity index (χ0) is 20.5. The molecule has 5 nitrogen and oxygen atoms in total. The molecule has 0 saturated carbocycles. The molecule has 1 aromatic heterocycles. The fraction of sp³-hybridized carbons (Fsp3) is 0.200. The Kier molecular flexibility index (Phi) is 4.71. The van der Waals surface area contributed by atoms with Crippen molar-refractivity contribution in [2.75, 3.05) is 23.3 Å². The molecule has 0 spiro atoms. The van der Waals surface area contributed by atoms with Crippen molar-refractivity contribution in [3.8, 4) is 0 Å². The van der Waals surface area contributed by atoms with Crippen molar-refractivity contribution in [2.45, 2.75) is 19.4 Å². The molecule has 1 aliphatic rings. The summed E-state index contributed by atoms with van der Waals surface area (Å²) in [6.07, 6.45) is 2.36. The van der Waals surface area contributed by atoms with Gasteiger partial charge in [0, 0.05) is 23.9 Å². The van der Waals surface area contributed by atoms with Crippen LogP contribution in [-0.4, -0.2) is 23.6 Å². The Hall–Kier alpha value is -3.60. The maximum atomic E-state index is 13.1. The van der Waals surface area contributed by atoms with E-state index < -0.39 is 0 Å². The molecule has 2 heterocycles. The molecule has 3 aromatic carbocycles. The minimum atomic E-state index is -0.111. The molecular formula is C25H23N3O2. The van der Waals surface area contributed by atoms with E-state index in [4.69, 9.17) is 0 Å². The minimum Gasteiger partial charge on any atom is -0.370 e. The summed E-state index contributed by atoms with van der Waals surface area (Å²) >= 11 is 0. The Morgan fingerprint density at radius 1 is 0.800 bits per heavy atom. The van der Waals surface area contributed by atoms with Gasteiger partial charge in [0.1, 0.15) is 6.54 Å². The summed E-state index contributed by atoms with van der Waals surface area (Å²) in [5, 5.41) is 4.35. The summed E-state index contributed by atoms with van der Waals surface area (Å²) < 4.78 is 1.93. The zero-order valence-corrected chi connectivity index (χ0v) is 16.7. The second kappa shape index (κ2) is 7.67. The second-order valence-corrected chi connectivity index (χ2v) is 7.71. The van der Waals surface area contributed by atoms with Crippen LogP contribution in [0.5, 0.6) is 0 Å². The van der Waals surface area contributed by atoms with Crippen LogP contribution in [0.4, 0.5) is 11.4 Å². The number of fused-ring (bicyclic) bond motifs is 2. The number of hydrogen-bond acceptors (Lipinski definition) is 3. The van der Waals surface area contributed by atoms with Crippen LogP contribution >= 0.6 is 0 Å². The molecule has 1 fully saturated rings. The first-order chi connectivity index (χ1) is 14.7. The SMILES string of the molecule is O=C(Cn1c2ccccc2c(=O)c2ccccc21)Nc1ccccc1N1CCCC1. The molecule has 0 atom stereocenters. The number of para-hydroxylation sites is 4. The third-order valence-electron chi connectivity index (χ3n) is 5.81. The number of aromatic nitrogens is 1. The lowest BCUT2D eigenvalue weighted by atomic mass is 10.1. The number of carbonyl (C=O) groups is 1. The van der Waals surface area contributed by atoms with Gasteiger partial charge in [-0.15, -0.1) is 0 Å². The molecule has 1 aliphatic heterocycles. The molecular weight excluding hydrogens is 374 g/mol. The summed E-state index contributed by atoms with van der Waals surface area (Å²) in [5.74, 6) is -0.111. The van der Waals surface area contributed by atoms with Crippen LogP contribution in [0.15, 0.2) is 77.6 Å². The van der Waals surface area contributed by atoms with E-state index in [0.717, 1.165) is 35.5 Å². The highest BCUT2D eigenvalue weighted by Gasteiger charge is 2.18. The maximum Gasteiger partial charge on any atom is 0.244 e.